The second-order valence-corrected chi connectivity index (χ2v) is 8.06. The maximum atomic E-state index is 15.0. The highest BCUT2D eigenvalue weighted by Crippen LogP contribution is 2.31. The Hall–Kier alpha value is -4.12. The van der Waals surface area contributed by atoms with Gasteiger partial charge in [-0.2, -0.15) is 5.10 Å². The normalized spacial score (nSPS) is 13.0. The lowest BCUT2D eigenvalue weighted by molar-refractivity contribution is 0.100. The quantitative estimate of drug-likeness (QED) is 0.298. The van der Waals surface area contributed by atoms with Crippen molar-refractivity contribution >= 4 is 34.1 Å². The molecule has 0 fully saturated rings. The third-order valence-corrected chi connectivity index (χ3v) is 5.60. The Kier molecular flexibility index (Phi) is 6.61. The highest BCUT2D eigenvalue weighted by atomic mass is 19.2. The number of primary amides is 1. The minimum atomic E-state index is -1.06. The van der Waals surface area contributed by atoms with E-state index in [0.717, 1.165) is 29.1 Å². The fourth-order valence-electron chi connectivity index (χ4n) is 3.84. The minimum absolute atomic E-state index is 0.00635. The summed E-state index contributed by atoms with van der Waals surface area (Å²) in [5.74, 6) is -4.07. The molecule has 0 aliphatic carbocycles. The Labute approximate surface area is 199 Å². The lowest BCUT2D eigenvalue weighted by Crippen LogP contribution is -2.31. The number of halogens is 3. The second-order valence-electron chi connectivity index (χ2n) is 8.06. The smallest absolute Gasteiger partial charge is 0.252 e. The van der Waals surface area contributed by atoms with E-state index in [1.54, 1.807) is 29.9 Å². The molecular formula is C24H24F3N7O. The first-order valence-electron chi connectivity index (χ1n) is 10.9. The van der Waals surface area contributed by atoms with Gasteiger partial charge in [0.15, 0.2) is 23.3 Å². The standard InChI is InChI=1S/C24H24F3N7O/c1-3-34-20-6-4-5-19(15(20)11-30-34)31-23-14(22(29)35)10-18(27)24(33-23)32-21(12(2)28)13-7-8-16(25)17(26)9-13/h4-12,21H,3,28H2,1-2H3,(H2,29,35)(H2,31,32,33)/t12-,21-/m0/s1. The van der Waals surface area contributed by atoms with E-state index in [9.17, 15) is 18.0 Å². The first-order valence-corrected chi connectivity index (χ1v) is 10.9. The molecular weight excluding hydrogens is 459 g/mol. The Morgan fingerprint density at radius 2 is 1.86 bits per heavy atom. The highest BCUT2D eigenvalue weighted by molar-refractivity contribution is 6.00. The average molecular weight is 483 g/mol. The van der Waals surface area contributed by atoms with Gasteiger partial charge in [-0.1, -0.05) is 12.1 Å². The lowest BCUT2D eigenvalue weighted by Gasteiger charge is -2.24. The number of nitrogens with two attached hydrogens (primary N) is 2. The third kappa shape index (κ3) is 4.76. The maximum absolute atomic E-state index is 15.0. The van der Waals surface area contributed by atoms with Gasteiger partial charge in [0, 0.05) is 18.0 Å². The fraction of sp³-hybridized carbons (Fsp3) is 0.208. The second kappa shape index (κ2) is 9.63. The van der Waals surface area contributed by atoms with Crippen LogP contribution < -0.4 is 22.1 Å². The molecule has 4 aromatic rings. The van der Waals surface area contributed by atoms with Crippen molar-refractivity contribution in [2.75, 3.05) is 10.6 Å². The van der Waals surface area contributed by atoms with E-state index in [2.05, 4.69) is 20.7 Å². The number of hydrogen-bond acceptors (Lipinski definition) is 6. The van der Waals surface area contributed by atoms with E-state index >= 15 is 0 Å². The van der Waals surface area contributed by atoms with Gasteiger partial charge in [0.05, 0.1) is 29.0 Å². The van der Waals surface area contributed by atoms with Crippen LogP contribution in [0.15, 0.2) is 48.7 Å². The summed E-state index contributed by atoms with van der Waals surface area (Å²) in [6.45, 7) is 4.24. The number of fused-ring (bicyclic) bond motifs is 1. The number of aryl methyl sites for hydroxylation is 1. The molecule has 0 aliphatic rings. The Morgan fingerprint density at radius 3 is 2.51 bits per heavy atom. The van der Waals surface area contributed by atoms with E-state index in [-0.39, 0.29) is 17.2 Å². The molecule has 4 rings (SSSR count). The summed E-state index contributed by atoms with van der Waals surface area (Å²) in [7, 11) is 0. The van der Waals surface area contributed by atoms with Crippen molar-refractivity contribution in [3.05, 3.63) is 77.2 Å². The largest absolute Gasteiger partial charge is 0.365 e. The molecule has 11 heteroatoms. The lowest BCUT2D eigenvalue weighted by atomic mass is 10.0. The van der Waals surface area contributed by atoms with Crippen LogP contribution in [0.5, 0.6) is 0 Å². The molecule has 182 valence electrons. The van der Waals surface area contributed by atoms with Gasteiger partial charge < -0.3 is 22.1 Å². The Morgan fingerprint density at radius 1 is 1.09 bits per heavy atom. The molecule has 0 saturated carbocycles. The molecule has 0 aliphatic heterocycles. The zero-order valence-corrected chi connectivity index (χ0v) is 19.0. The molecule has 2 atom stereocenters. The summed E-state index contributed by atoms with van der Waals surface area (Å²) in [6, 6.07) is 8.26. The zero-order chi connectivity index (χ0) is 25.3. The number of hydrogen-bond donors (Lipinski definition) is 4. The number of carbonyl (C=O) groups is 1. The molecule has 0 saturated heterocycles. The van der Waals surface area contributed by atoms with Crippen LogP contribution in [0, 0.1) is 17.5 Å². The first-order chi connectivity index (χ1) is 16.7. The zero-order valence-electron chi connectivity index (χ0n) is 19.0. The van der Waals surface area contributed by atoms with Crippen molar-refractivity contribution < 1.29 is 18.0 Å². The number of benzene rings is 2. The van der Waals surface area contributed by atoms with E-state index in [4.69, 9.17) is 11.5 Å². The number of rotatable bonds is 8. The van der Waals surface area contributed by atoms with Crippen LogP contribution in [-0.4, -0.2) is 26.7 Å². The monoisotopic (exact) mass is 483 g/mol. The molecule has 35 heavy (non-hydrogen) atoms. The summed E-state index contributed by atoms with van der Waals surface area (Å²) in [5, 5.41) is 11.0. The van der Waals surface area contributed by atoms with Crippen LogP contribution in [0.2, 0.25) is 0 Å². The predicted octanol–water partition coefficient (Wildman–Crippen LogP) is 4.21. The summed E-state index contributed by atoms with van der Waals surface area (Å²) >= 11 is 0. The highest BCUT2D eigenvalue weighted by Gasteiger charge is 2.23. The molecule has 1 amide bonds. The minimum Gasteiger partial charge on any atom is -0.365 e. The SMILES string of the molecule is CCn1ncc2c(Nc3nc(N[C@H](c4ccc(F)c(F)c4)[C@H](C)N)c(F)cc3C(N)=O)cccc21. The van der Waals surface area contributed by atoms with Crippen molar-refractivity contribution in [3.63, 3.8) is 0 Å². The van der Waals surface area contributed by atoms with Crippen molar-refractivity contribution in [1.29, 1.82) is 0 Å². The van der Waals surface area contributed by atoms with E-state index in [1.807, 2.05) is 13.0 Å². The van der Waals surface area contributed by atoms with Gasteiger partial charge in [0.2, 0.25) is 0 Å². The predicted molar refractivity (Wildman–Crippen MR) is 128 cm³/mol. The van der Waals surface area contributed by atoms with Gasteiger partial charge >= 0.3 is 0 Å². The molecule has 6 N–H and O–H groups in total. The van der Waals surface area contributed by atoms with Gasteiger partial charge in [-0.3, -0.25) is 9.48 Å². The molecule has 2 aromatic carbocycles. The molecule has 0 bridgehead atoms. The van der Waals surface area contributed by atoms with Gasteiger partial charge in [-0.15, -0.1) is 0 Å². The Balaban J connectivity index is 1.75. The summed E-state index contributed by atoms with van der Waals surface area (Å²) in [5.41, 5.74) is 13.1. The van der Waals surface area contributed by atoms with Gasteiger partial charge in [0.25, 0.3) is 5.91 Å². The van der Waals surface area contributed by atoms with Crippen LogP contribution in [0.3, 0.4) is 0 Å². The van der Waals surface area contributed by atoms with E-state index in [0.29, 0.717) is 17.8 Å². The van der Waals surface area contributed by atoms with Crippen molar-refractivity contribution in [2.24, 2.45) is 11.5 Å². The number of amides is 1. The summed E-state index contributed by atoms with van der Waals surface area (Å²) in [6.07, 6.45) is 1.67. The molecule has 8 nitrogen and oxygen atoms in total. The van der Waals surface area contributed by atoms with Crippen LogP contribution >= 0.6 is 0 Å². The number of aromatic nitrogens is 3. The van der Waals surface area contributed by atoms with Crippen molar-refractivity contribution in [2.45, 2.75) is 32.5 Å². The number of anilines is 3. The van der Waals surface area contributed by atoms with Crippen LogP contribution in [0.25, 0.3) is 10.9 Å². The summed E-state index contributed by atoms with van der Waals surface area (Å²) in [4.78, 5) is 16.3. The van der Waals surface area contributed by atoms with E-state index < -0.39 is 35.4 Å². The Bertz CT molecular complexity index is 1400. The van der Waals surface area contributed by atoms with Gasteiger partial charge in [0.1, 0.15) is 5.82 Å². The molecule has 2 aromatic heterocycles. The third-order valence-electron chi connectivity index (χ3n) is 5.60. The molecule has 0 spiro atoms. The first kappa shape index (κ1) is 24.0. The summed E-state index contributed by atoms with van der Waals surface area (Å²) < 4.78 is 44.0. The average Bonchev–Trinajstić information content (AvgIpc) is 3.25. The van der Waals surface area contributed by atoms with Crippen molar-refractivity contribution in [1.82, 2.24) is 14.8 Å². The molecule has 2 heterocycles. The number of carbonyl (C=O) groups excluding carboxylic acids is 1. The van der Waals surface area contributed by atoms with Crippen molar-refractivity contribution in [3.8, 4) is 0 Å². The maximum Gasteiger partial charge on any atom is 0.252 e. The van der Waals surface area contributed by atoms with Crippen LogP contribution in [0.1, 0.15) is 35.8 Å². The number of nitrogens with one attached hydrogen (secondary N) is 2. The van der Waals surface area contributed by atoms with E-state index in [1.165, 1.54) is 6.07 Å². The van der Waals surface area contributed by atoms with Crippen LogP contribution in [-0.2, 0) is 6.54 Å². The molecule has 0 radical (unpaired) electrons. The van der Waals surface area contributed by atoms with Gasteiger partial charge in [-0.05, 0) is 49.7 Å². The number of nitrogens with zero attached hydrogens (tertiary/aromatic N) is 3. The topological polar surface area (TPSA) is 124 Å². The van der Waals surface area contributed by atoms with Gasteiger partial charge in [-0.25, -0.2) is 18.2 Å². The fourth-order valence-corrected chi connectivity index (χ4v) is 3.84. The number of pyridine rings is 1. The van der Waals surface area contributed by atoms with Crippen LogP contribution in [0.4, 0.5) is 30.5 Å². The molecule has 0 unspecified atom stereocenters.